The maximum atomic E-state index is 6.25. The SMILES string of the molecule is NC(Cc1nc(-c2cccc(Br)c2)no1)C1CCCC1. The molecular weight excluding hydrogens is 318 g/mol. The molecule has 3 rings (SSSR count). The van der Waals surface area contributed by atoms with E-state index in [1.54, 1.807) is 0 Å². The molecule has 2 N–H and O–H groups in total. The van der Waals surface area contributed by atoms with Gasteiger partial charge < -0.3 is 10.3 Å². The third-order valence-electron chi connectivity index (χ3n) is 3.97. The Morgan fingerprint density at radius 3 is 2.90 bits per heavy atom. The lowest BCUT2D eigenvalue weighted by molar-refractivity contribution is 0.341. The Balaban J connectivity index is 1.70. The first kappa shape index (κ1) is 13.8. The monoisotopic (exact) mass is 335 g/mol. The molecule has 0 bridgehead atoms. The first-order valence-corrected chi connectivity index (χ1v) is 7.86. The van der Waals surface area contributed by atoms with Gasteiger partial charge in [-0.15, -0.1) is 0 Å². The zero-order valence-corrected chi connectivity index (χ0v) is 12.8. The van der Waals surface area contributed by atoms with Crippen molar-refractivity contribution in [3.63, 3.8) is 0 Å². The minimum absolute atomic E-state index is 0.133. The number of benzene rings is 1. The van der Waals surface area contributed by atoms with Crippen LogP contribution in [-0.4, -0.2) is 16.2 Å². The van der Waals surface area contributed by atoms with Crippen molar-refractivity contribution in [2.75, 3.05) is 0 Å². The topological polar surface area (TPSA) is 64.9 Å². The first-order valence-electron chi connectivity index (χ1n) is 7.06. The molecule has 2 aromatic rings. The molecule has 0 spiro atoms. The third kappa shape index (κ3) is 3.10. The van der Waals surface area contributed by atoms with E-state index in [1.165, 1.54) is 25.7 Å². The summed E-state index contributed by atoms with van der Waals surface area (Å²) < 4.78 is 6.34. The quantitative estimate of drug-likeness (QED) is 0.927. The largest absolute Gasteiger partial charge is 0.339 e. The number of nitrogens with zero attached hydrogens (tertiary/aromatic N) is 2. The van der Waals surface area contributed by atoms with Gasteiger partial charge in [0.2, 0.25) is 11.7 Å². The highest BCUT2D eigenvalue weighted by atomic mass is 79.9. The number of halogens is 1. The summed E-state index contributed by atoms with van der Waals surface area (Å²) in [5, 5.41) is 4.04. The molecule has 20 heavy (non-hydrogen) atoms. The Hall–Kier alpha value is -1.20. The lowest BCUT2D eigenvalue weighted by Crippen LogP contribution is -2.30. The van der Waals surface area contributed by atoms with Crippen molar-refractivity contribution >= 4 is 15.9 Å². The van der Waals surface area contributed by atoms with Crippen LogP contribution in [0, 0.1) is 5.92 Å². The average molecular weight is 336 g/mol. The Bertz CT molecular complexity index is 578. The highest BCUT2D eigenvalue weighted by Crippen LogP contribution is 2.28. The second kappa shape index (κ2) is 6.06. The first-order chi connectivity index (χ1) is 9.72. The van der Waals surface area contributed by atoms with Gasteiger partial charge in [0.1, 0.15) is 0 Å². The van der Waals surface area contributed by atoms with Gasteiger partial charge in [0.25, 0.3) is 0 Å². The second-order valence-electron chi connectivity index (χ2n) is 5.43. The van der Waals surface area contributed by atoms with Crippen LogP contribution in [0.15, 0.2) is 33.3 Å². The molecule has 0 saturated heterocycles. The molecule has 1 saturated carbocycles. The van der Waals surface area contributed by atoms with Gasteiger partial charge in [-0.05, 0) is 30.9 Å². The molecule has 0 amide bonds. The number of rotatable bonds is 4. The molecule has 0 aliphatic heterocycles. The van der Waals surface area contributed by atoms with E-state index in [-0.39, 0.29) is 6.04 Å². The van der Waals surface area contributed by atoms with Crippen LogP contribution in [0.5, 0.6) is 0 Å². The summed E-state index contributed by atoms with van der Waals surface area (Å²) in [6, 6.07) is 8.01. The second-order valence-corrected chi connectivity index (χ2v) is 6.35. The van der Waals surface area contributed by atoms with Crippen molar-refractivity contribution in [2.24, 2.45) is 11.7 Å². The fourth-order valence-electron chi connectivity index (χ4n) is 2.84. The highest BCUT2D eigenvalue weighted by Gasteiger charge is 2.24. The number of hydrogen-bond acceptors (Lipinski definition) is 4. The molecule has 1 heterocycles. The molecule has 1 aromatic carbocycles. The van der Waals surface area contributed by atoms with Gasteiger partial charge in [-0.3, -0.25) is 0 Å². The summed E-state index contributed by atoms with van der Waals surface area (Å²) in [7, 11) is 0. The maximum absolute atomic E-state index is 6.25. The zero-order valence-electron chi connectivity index (χ0n) is 11.3. The smallest absolute Gasteiger partial charge is 0.228 e. The van der Waals surface area contributed by atoms with E-state index in [0.29, 0.717) is 24.1 Å². The van der Waals surface area contributed by atoms with Gasteiger partial charge in [0.15, 0.2) is 0 Å². The van der Waals surface area contributed by atoms with E-state index in [2.05, 4.69) is 26.1 Å². The number of nitrogens with two attached hydrogens (primary N) is 1. The van der Waals surface area contributed by atoms with Crippen molar-refractivity contribution in [1.82, 2.24) is 10.1 Å². The molecule has 1 unspecified atom stereocenters. The van der Waals surface area contributed by atoms with Gasteiger partial charge >= 0.3 is 0 Å². The Kier molecular flexibility index (Phi) is 4.17. The summed E-state index contributed by atoms with van der Waals surface area (Å²) in [6.07, 6.45) is 5.73. The van der Waals surface area contributed by atoms with Gasteiger partial charge in [-0.2, -0.15) is 4.98 Å². The van der Waals surface area contributed by atoms with E-state index in [9.17, 15) is 0 Å². The molecule has 1 aliphatic carbocycles. The molecule has 1 aromatic heterocycles. The minimum atomic E-state index is 0.133. The summed E-state index contributed by atoms with van der Waals surface area (Å²) in [5.74, 6) is 1.87. The summed E-state index contributed by atoms with van der Waals surface area (Å²) in [5.41, 5.74) is 7.20. The molecule has 0 radical (unpaired) electrons. The van der Waals surface area contributed by atoms with Crippen molar-refractivity contribution < 1.29 is 4.52 Å². The van der Waals surface area contributed by atoms with Gasteiger partial charge in [-0.1, -0.05) is 46.1 Å². The number of hydrogen-bond donors (Lipinski definition) is 1. The van der Waals surface area contributed by atoms with Crippen molar-refractivity contribution in [2.45, 2.75) is 38.1 Å². The van der Waals surface area contributed by atoms with Gasteiger partial charge in [0.05, 0.1) is 0 Å². The minimum Gasteiger partial charge on any atom is -0.339 e. The van der Waals surface area contributed by atoms with Crippen LogP contribution >= 0.6 is 15.9 Å². The predicted molar refractivity (Wildman–Crippen MR) is 81.1 cm³/mol. The maximum Gasteiger partial charge on any atom is 0.228 e. The summed E-state index contributed by atoms with van der Waals surface area (Å²) >= 11 is 3.45. The van der Waals surface area contributed by atoms with Gasteiger partial charge in [-0.25, -0.2) is 0 Å². The molecule has 5 heteroatoms. The number of aromatic nitrogens is 2. The average Bonchev–Trinajstić information content (AvgIpc) is 3.10. The van der Waals surface area contributed by atoms with Crippen LogP contribution in [0.25, 0.3) is 11.4 Å². The zero-order chi connectivity index (χ0) is 13.9. The van der Waals surface area contributed by atoms with E-state index in [0.717, 1.165) is 10.0 Å². The van der Waals surface area contributed by atoms with E-state index in [4.69, 9.17) is 10.3 Å². The van der Waals surface area contributed by atoms with Crippen LogP contribution in [0.1, 0.15) is 31.6 Å². The molecule has 1 fully saturated rings. The van der Waals surface area contributed by atoms with E-state index >= 15 is 0 Å². The van der Waals surface area contributed by atoms with Crippen LogP contribution < -0.4 is 5.73 Å². The molecule has 1 atom stereocenters. The van der Waals surface area contributed by atoms with Crippen molar-refractivity contribution in [1.29, 1.82) is 0 Å². The normalized spacial score (nSPS) is 17.5. The summed E-state index contributed by atoms with van der Waals surface area (Å²) in [6.45, 7) is 0. The van der Waals surface area contributed by atoms with E-state index < -0.39 is 0 Å². The molecule has 4 nitrogen and oxygen atoms in total. The third-order valence-corrected chi connectivity index (χ3v) is 4.46. The van der Waals surface area contributed by atoms with Crippen molar-refractivity contribution in [3.8, 4) is 11.4 Å². The lowest BCUT2D eigenvalue weighted by atomic mass is 9.96. The van der Waals surface area contributed by atoms with Crippen LogP contribution in [0.3, 0.4) is 0 Å². The molecular formula is C15H18BrN3O. The van der Waals surface area contributed by atoms with Crippen LogP contribution in [0.2, 0.25) is 0 Å². The summed E-state index contributed by atoms with van der Waals surface area (Å²) in [4.78, 5) is 4.45. The van der Waals surface area contributed by atoms with E-state index in [1.807, 2.05) is 24.3 Å². The molecule has 1 aliphatic rings. The standard InChI is InChI=1S/C15H18BrN3O/c16-12-7-3-6-11(8-12)15-18-14(20-19-15)9-13(17)10-4-1-2-5-10/h3,6-8,10,13H,1-2,4-5,9,17H2. The predicted octanol–water partition coefficient (Wildman–Crippen LogP) is 3.56. The fraction of sp³-hybridized carbons (Fsp3) is 0.467. The van der Waals surface area contributed by atoms with Crippen molar-refractivity contribution in [3.05, 3.63) is 34.6 Å². The highest BCUT2D eigenvalue weighted by molar-refractivity contribution is 9.10. The Morgan fingerprint density at radius 2 is 2.15 bits per heavy atom. The van der Waals surface area contributed by atoms with Gasteiger partial charge in [0, 0.05) is 22.5 Å². The molecule has 106 valence electrons. The van der Waals surface area contributed by atoms with Crippen LogP contribution in [0.4, 0.5) is 0 Å². The van der Waals surface area contributed by atoms with Crippen LogP contribution in [-0.2, 0) is 6.42 Å². The Labute approximate surface area is 126 Å². The Morgan fingerprint density at radius 1 is 1.35 bits per heavy atom. The lowest BCUT2D eigenvalue weighted by Gasteiger charge is -2.16. The fourth-order valence-corrected chi connectivity index (χ4v) is 3.24.